The van der Waals surface area contributed by atoms with Crippen LogP contribution in [-0.4, -0.2) is 34.8 Å². The fraction of sp³-hybridized carbons (Fsp3) is 0.526. The minimum atomic E-state index is -0.802. The first-order valence-electron chi connectivity index (χ1n) is 8.82. The number of anilines is 1. The number of hydrogen-bond acceptors (Lipinski definition) is 3. The molecule has 6 heteroatoms. The molecule has 1 heterocycles. The lowest BCUT2D eigenvalue weighted by molar-refractivity contribution is -0.135. The molecule has 0 atom stereocenters. The Morgan fingerprint density at radius 1 is 1.28 bits per heavy atom. The maximum Gasteiger partial charge on any atom is 0.325 e. The highest BCUT2D eigenvalue weighted by Gasteiger charge is 2.52. The number of imide groups is 1. The van der Waals surface area contributed by atoms with E-state index in [1.54, 1.807) is 0 Å². The normalized spacial score (nSPS) is 26.0. The van der Waals surface area contributed by atoms with Crippen LogP contribution in [0.1, 0.15) is 43.7 Å². The molecule has 0 bridgehead atoms. The van der Waals surface area contributed by atoms with Crippen molar-refractivity contribution in [1.82, 2.24) is 10.2 Å². The summed E-state index contributed by atoms with van der Waals surface area (Å²) in [5, 5.41) is 5.63. The van der Waals surface area contributed by atoms with Gasteiger partial charge in [0.25, 0.3) is 5.91 Å². The highest BCUT2D eigenvalue weighted by Crippen LogP contribution is 2.36. The predicted molar refractivity (Wildman–Crippen MR) is 95.2 cm³/mol. The minimum Gasteiger partial charge on any atom is -0.324 e. The number of hydrogen-bond donors (Lipinski definition) is 2. The lowest BCUT2D eigenvalue weighted by Crippen LogP contribution is -2.49. The van der Waals surface area contributed by atoms with Gasteiger partial charge in [0.15, 0.2) is 0 Å². The molecule has 4 amide bonds. The van der Waals surface area contributed by atoms with E-state index in [0.717, 1.165) is 28.9 Å². The molecule has 134 valence electrons. The van der Waals surface area contributed by atoms with Gasteiger partial charge in [-0.1, -0.05) is 24.6 Å². The molecule has 25 heavy (non-hydrogen) atoms. The van der Waals surface area contributed by atoms with Crippen LogP contribution in [-0.2, 0) is 9.59 Å². The SMILES string of the molecule is Cc1ccc(NC(=O)CN2C(=O)NC3(CCC(C)CC3)C2=O)c(C)c1. The van der Waals surface area contributed by atoms with Gasteiger partial charge in [-0.15, -0.1) is 0 Å². The average molecular weight is 343 g/mol. The van der Waals surface area contributed by atoms with Gasteiger partial charge in [-0.3, -0.25) is 14.5 Å². The van der Waals surface area contributed by atoms with Crippen LogP contribution in [0, 0.1) is 19.8 Å². The van der Waals surface area contributed by atoms with Crippen molar-refractivity contribution in [1.29, 1.82) is 0 Å². The first-order valence-corrected chi connectivity index (χ1v) is 8.82. The standard InChI is InChI=1S/C19H25N3O3/c1-12-6-8-19(9-7-12)17(24)22(18(25)21-19)11-16(23)20-15-5-4-13(2)10-14(15)3/h4-5,10,12H,6-9,11H2,1-3H3,(H,20,23)(H,21,25). The number of nitrogens with one attached hydrogen (secondary N) is 2. The van der Waals surface area contributed by atoms with E-state index in [4.69, 9.17) is 0 Å². The lowest BCUT2D eigenvalue weighted by atomic mass is 9.77. The molecule has 2 aliphatic rings. The number of nitrogens with zero attached hydrogens (tertiary/aromatic N) is 1. The number of aryl methyl sites for hydroxylation is 2. The molecule has 0 unspecified atom stereocenters. The molecule has 6 nitrogen and oxygen atoms in total. The van der Waals surface area contributed by atoms with E-state index in [2.05, 4.69) is 17.6 Å². The van der Waals surface area contributed by atoms with Crippen LogP contribution in [0.4, 0.5) is 10.5 Å². The van der Waals surface area contributed by atoms with Crippen molar-refractivity contribution in [3.8, 4) is 0 Å². The van der Waals surface area contributed by atoms with E-state index in [1.807, 2.05) is 32.0 Å². The lowest BCUT2D eigenvalue weighted by Gasteiger charge is -2.33. The van der Waals surface area contributed by atoms with Gasteiger partial charge in [-0.2, -0.15) is 0 Å². The average Bonchev–Trinajstić information content (AvgIpc) is 2.78. The van der Waals surface area contributed by atoms with E-state index < -0.39 is 11.6 Å². The molecule has 1 aliphatic carbocycles. The summed E-state index contributed by atoms with van der Waals surface area (Å²) in [6.45, 7) is 5.79. The molecule has 2 N–H and O–H groups in total. The van der Waals surface area contributed by atoms with E-state index >= 15 is 0 Å². The molecular formula is C19H25N3O3. The van der Waals surface area contributed by atoms with Gasteiger partial charge < -0.3 is 10.6 Å². The number of amides is 4. The number of benzene rings is 1. The quantitative estimate of drug-likeness (QED) is 0.828. The van der Waals surface area contributed by atoms with E-state index in [0.29, 0.717) is 24.4 Å². The number of rotatable bonds is 3. The van der Waals surface area contributed by atoms with Crippen molar-refractivity contribution < 1.29 is 14.4 Å². The molecule has 2 fully saturated rings. The van der Waals surface area contributed by atoms with E-state index in [-0.39, 0.29) is 18.4 Å². The summed E-state index contributed by atoms with van der Waals surface area (Å²) in [7, 11) is 0. The van der Waals surface area contributed by atoms with Gasteiger partial charge in [0.1, 0.15) is 12.1 Å². The second-order valence-corrected chi connectivity index (χ2v) is 7.45. The fourth-order valence-corrected chi connectivity index (χ4v) is 3.70. The third-order valence-electron chi connectivity index (χ3n) is 5.33. The van der Waals surface area contributed by atoms with Gasteiger partial charge in [0, 0.05) is 5.69 Å². The Morgan fingerprint density at radius 2 is 1.96 bits per heavy atom. The maximum absolute atomic E-state index is 12.8. The summed E-state index contributed by atoms with van der Waals surface area (Å²) >= 11 is 0. The minimum absolute atomic E-state index is 0.255. The maximum atomic E-state index is 12.8. The first-order chi connectivity index (χ1) is 11.8. The Hall–Kier alpha value is -2.37. The zero-order chi connectivity index (χ0) is 18.2. The van der Waals surface area contributed by atoms with Gasteiger partial charge in [0.2, 0.25) is 5.91 Å². The molecule has 1 saturated heterocycles. The summed E-state index contributed by atoms with van der Waals surface area (Å²) in [5.41, 5.74) is 1.95. The Morgan fingerprint density at radius 3 is 2.60 bits per heavy atom. The highest BCUT2D eigenvalue weighted by atomic mass is 16.2. The van der Waals surface area contributed by atoms with Crippen molar-refractivity contribution in [3.05, 3.63) is 29.3 Å². The van der Waals surface area contributed by atoms with Gasteiger partial charge in [0.05, 0.1) is 0 Å². The van der Waals surface area contributed by atoms with Gasteiger partial charge >= 0.3 is 6.03 Å². The predicted octanol–water partition coefficient (Wildman–Crippen LogP) is 2.74. The molecule has 0 radical (unpaired) electrons. The Labute approximate surface area is 148 Å². The Kier molecular flexibility index (Phi) is 4.54. The van der Waals surface area contributed by atoms with Crippen molar-refractivity contribution in [2.75, 3.05) is 11.9 Å². The van der Waals surface area contributed by atoms with Crippen LogP contribution in [0.15, 0.2) is 18.2 Å². The monoisotopic (exact) mass is 343 g/mol. The summed E-state index contributed by atoms with van der Waals surface area (Å²) in [5.74, 6) is -0.0611. The molecule has 1 aliphatic heterocycles. The van der Waals surface area contributed by atoms with Crippen LogP contribution in [0.3, 0.4) is 0 Å². The van der Waals surface area contributed by atoms with Crippen LogP contribution < -0.4 is 10.6 Å². The number of urea groups is 1. The zero-order valence-electron chi connectivity index (χ0n) is 15.0. The first kappa shape index (κ1) is 17.5. The Bertz CT molecular complexity index is 721. The van der Waals surface area contributed by atoms with E-state index in [9.17, 15) is 14.4 Å². The van der Waals surface area contributed by atoms with E-state index in [1.165, 1.54) is 0 Å². The molecule has 1 aromatic carbocycles. The second kappa shape index (κ2) is 6.50. The smallest absolute Gasteiger partial charge is 0.324 e. The third kappa shape index (κ3) is 3.38. The molecule has 0 aromatic heterocycles. The fourth-order valence-electron chi connectivity index (χ4n) is 3.70. The van der Waals surface area contributed by atoms with Crippen molar-refractivity contribution in [3.63, 3.8) is 0 Å². The van der Waals surface area contributed by atoms with Crippen molar-refractivity contribution in [2.24, 2.45) is 5.92 Å². The third-order valence-corrected chi connectivity index (χ3v) is 5.33. The molecule has 1 spiro atoms. The van der Waals surface area contributed by atoms with Gasteiger partial charge in [-0.25, -0.2) is 4.79 Å². The van der Waals surface area contributed by atoms with Crippen molar-refractivity contribution in [2.45, 2.75) is 52.0 Å². The molecule has 1 aromatic rings. The van der Waals surface area contributed by atoms with Crippen LogP contribution >= 0.6 is 0 Å². The summed E-state index contributed by atoms with van der Waals surface area (Å²) in [6, 6.07) is 5.25. The number of carbonyl (C=O) groups excluding carboxylic acids is 3. The summed E-state index contributed by atoms with van der Waals surface area (Å²) < 4.78 is 0. The number of carbonyl (C=O) groups is 3. The zero-order valence-corrected chi connectivity index (χ0v) is 15.0. The largest absolute Gasteiger partial charge is 0.325 e. The topological polar surface area (TPSA) is 78.5 Å². The van der Waals surface area contributed by atoms with Crippen LogP contribution in [0.25, 0.3) is 0 Å². The molecule has 1 saturated carbocycles. The second-order valence-electron chi connectivity index (χ2n) is 7.45. The summed E-state index contributed by atoms with van der Waals surface area (Å²) in [6.07, 6.45) is 3.12. The Balaban J connectivity index is 1.67. The molecule has 3 rings (SSSR count). The summed E-state index contributed by atoms with van der Waals surface area (Å²) in [4.78, 5) is 38.4. The van der Waals surface area contributed by atoms with Gasteiger partial charge in [-0.05, 0) is 57.1 Å². The van der Waals surface area contributed by atoms with Crippen molar-refractivity contribution >= 4 is 23.5 Å². The van der Waals surface area contributed by atoms with Crippen LogP contribution in [0.5, 0.6) is 0 Å². The highest BCUT2D eigenvalue weighted by molar-refractivity contribution is 6.10. The molecular weight excluding hydrogens is 318 g/mol. The van der Waals surface area contributed by atoms with Crippen LogP contribution in [0.2, 0.25) is 0 Å².